The monoisotopic (exact) mass is 782 g/mol. The summed E-state index contributed by atoms with van der Waals surface area (Å²) in [4.78, 5) is 30.7. The lowest BCUT2D eigenvalue weighted by Crippen LogP contribution is -2.33. The minimum Gasteiger partial charge on any atom is -0.371 e. The van der Waals surface area contributed by atoms with E-state index < -0.39 is 73.0 Å². The van der Waals surface area contributed by atoms with Gasteiger partial charge >= 0.3 is 0 Å². The molecule has 0 aliphatic heterocycles. The minimum absolute atomic E-state index is 0.00224. The second kappa shape index (κ2) is 15.7. The van der Waals surface area contributed by atoms with Gasteiger partial charge < -0.3 is 9.80 Å². The fourth-order valence-corrected chi connectivity index (χ4v) is 6.82. The first-order chi connectivity index (χ1) is 22.8. The molecule has 16 nitrogen and oxygen atoms in total. The first-order valence-corrected chi connectivity index (χ1v) is 21.6. The van der Waals surface area contributed by atoms with Gasteiger partial charge in [0.1, 0.15) is 0 Å². The van der Waals surface area contributed by atoms with Crippen molar-refractivity contribution in [3.8, 4) is 0 Å². The molecule has 4 atom stereocenters. The van der Waals surface area contributed by atoms with E-state index in [1.807, 2.05) is 0 Å². The molecule has 280 valence electrons. The van der Waals surface area contributed by atoms with Crippen LogP contribution in [0.15, 0.2) is 36.4 Å². The van der Waals surface area contributed by atoms with Crippen LogP contribution in [0.4, 0.5) is 11.4 Å². The Hall–Kier alpha value is -2.98. The first-order valence-electron chi connectivity index (χ1n) is 15.5. The standard InChI is InChI=1S/C30H42N2O14S4/c1-19(47(35,36)37)9-13-31(14-10-20(2)48(38,39)40)23-5-7-25-27(17-23)29(33)26-8-6-24(18-28(26)30(25)34)32(15-11-21(3)49(41,42)43)16-12-22(4)50(44,45)46/h5-8,17-22H,9-16H2,1-4H3,(H,35,36,37)(H,38,39,40)(H,41,42,43)(H,44,45,46). The predicted octanol–water partition coefficient (Wildman–Crippen LogP) is 2.74. The van der Waals surface area contributed by atoms with Gasteiger partial charge in [0, 0.05) is 59.8 Å². The van der Waals surface area contributed by atoms with Crippen molar-refractivity contribution >= 4 is 63.4 Å². The Kier molecular flexibility index (Phi) is 13.0. The summed E-state index contributed by atoms with van der Waals surface area (Å²) < 4.78 is 131. The van der Waals surface area contributed by atoms with Crippen LogP contribution in [0.25, 0.3) is 0 Å². The third-order valence-electron chi connectivity index (χ3n) is 8.97. The highest BCUT2D eigenvalue weighted by Gasteiger charge is 2.32. The van der Waals surface area contributed by atoms with E-state index in [9.17, 15) is 61.5 Å². The SMILES string of the molecule is CC(CCN(CCC(C)S(=O)(=O)O)c1ccc2c(c1)C(=O)c1ccc(N(CCC(C)S(=O)(=O)O)CCC(C)S(=O)(=O)O)cc1C2=O)S(=O)(=O)O. The van der Waals surface area contributed by atoms with E-state index in [0.29, 0.717) is 11.4 Å². The smallest absolute Gasteiger partial charge is 0.267 e. The molecule has 0 saturated carbocycles. The molecular formula is C30H42N2O14S4. The second-order valence-electron chi connectivity index (χ2n) is 12.5. The topological polar surface area (TPSA) is 258 Å². The van der Waals surface area contributed by atoms with Crippen LogP contribution < -0.4 is 9.80 Å². The molecule has 0 aromatic heterocycles. The van der Waals surface area contributed by atoms with Crippen LogP contribution in [-0.2, 0) is 40.5 Å². The molecule has 3 rings (SSSR count). The van der Waals surface area contributed by atoms with Gasteiger partial charge in [-0.25, -0.2) is 0 Å². The second-order valence-corrected chi connectivity index (χ2v) is 19.9. The molecule has 4 unspecified atom stereocenters. The number of hydrogen-bond acceptors (Lipinski definition) is 12. The molecule has 1 aliphatic rings. The zero-order chi connectivity index (χ0) is 38.0. The maximum atomic E-state index is 13.8. The number of hydrogen-bond donors (Lipinski definition) is 4. The molecule has 0 spiro atoms. The van der Waals surface area contributed by atoms with Gasteiger partial charge in [-0.15, -0.1) is 0 Å². The Morgan fingerprint density at radius 1 is 0.460 bits per heavy atom. The van der Waals surface area contributed by atoms with Crippen molar-refractivity contribution in [1.29, 1.82) is 0 Å². The Morgan fingerprint density at radius 2 is 0.700 bits per heavy atom. The average Bonchev–Trinajstić information content (AvgIpc) is 3.00. The van der Waals surface area contributed by atoms with E-state index >= 15 is 0 Å². The zero-order valence-corrected chi connectivity index (χ0v) is 31.1. The van der Waals surface area contributed by atoms with Gasteiger partial charge in [-0.1, -0.05) is 0 Å². The summed E-state index contributed by atoms with van der Waals surface area (Å²) in [7, 11) is -17.5. The zero-order valence-electron chi connectivity index (χ0n) is 27.8. The summed E-state index contributed by atoms with van der Waals surface area (Å²) in [5.41, 5.74) is 0.803. The summed E-state index contributed by atoms with van der Waals surface area (Å²) in [6.45, 7) is 5.18. The highest BCUT2D eigenvalue weighted by molar-refractivity contribution is 7.87. The lowest BCUT2D eigenvalue weighted by atomic mass is 9.83. The minimum atomic E-state index is -4.38. The molecule has 0 fully saturated rings. The fraction of sp³-hybridized carbons (Fsp3) is 0.533. The third kappa shape index (κ3) is 10.5. The summed E-state index contributed by atoms with van der Waals surface area (Å²) in [5, 5.41) is -4.67. The number of nitrogens with zero attached hydrogens (tertiary/aromatic N) is 2. The van der Waals surface area contributed by atoms with Crippen LogP contribution in [0.3, 0.4) is 0 Å². The number of fused-ring (bicyclic) bond motifs is 2. The summed E-state index contributed by atoms with van der Waals surface area (Å²) in [6.07, 6.45) is -0.289. The summed E-state index contributed by atoms with van der Waals surface area (Å²) >= 11 is 0. The van der Waals surface area contributed by atoms with Crippen LogP contribution >= 0.6 is 0 Å². The van der Waals surface area contributed by atoms with Crippen molar-refractivity contribution in [3.63, 3.8) is 0 Å². The molecule has 2 aromatic rings. The normalized spacial score (nSPS) is 16.2. The van der Waals surface area contributed by atoms with Crippen molar-refractivity contribution < 1.29 is 61.5 Å². The van der Waals surface area contributed by atoms with E-state index in [-0.39, 0.29) is 74.1 Å². The molecule has 0 saturated heterocycles. The third-order valence-corrected chi connectivity index (χ3v) is 14.0. The van der Waals surface area contributed by atoms with Crippen LogP contribution in [0, 0.1) is 0 Å². The summed E-state index contributed by atoms with van der Waals surface area (Å²) in [6, 6.07) is 8.62. The van der Waals surface area contributed by atoms with E-state index in [1.54, 1.807) is 9.80 Å². The van der Waals surface area contributed by atoms with Crippen molar-refractivity contribution in [1.82, 2.24) is 0 Å². The Bertz CT molecular complexity index is 1820. The van der Waals surface area contributed by atoms with Gasteiger partial charge in [-0.05, 0) is 89.8 Å². The number of carbonyl (C=O) groups excluding carboxylic acids is 2. The molecule has 0 amide bonds. The Balaban J connectivity index is 1.98. The Morgan fingerprint density at radius 3 is 0.920 bits per heavy atom. The average molecular weight is 783 g/mol. The van der Waals surface area contributed by atoms with E-state index in [4.69, 9.17) is 0 Å². The van der Waals surface area contributed by atoms with Gasteiger partial charge in [0.2, 0.25) is 0 Å². The number of ketones is 2. The largest absolute Gasteiger partial charge is 0.371 e. The van der Waals surface area contributed by atoms with Crippen molar-refractivity contribution in [2.75, 3.05) is 36.0 Å². The van der Waals surface area contributed by atoms with Gasteiger partial charge in [0.05, 0.1) is 21.0 Å². The molecule has 1 aliphatic carbocycles. The van der Waals surface area contributed by atoms with E-state index in [2.05, 4.69) is 0 Å². The number of rotatable bonds is 18. The lowest BCUT2D eigenvalue weighted by Gasteiger charge is -2.29. The molecule has 0 bridgehead atoms. The fourth-order valence-electron chi connectivity index (χ4n) is 5.21. The quantitative estimate of drug-likeness (QED) is 0.135. The highest BCUT2D eigenvalue weighted by Crippen LogP contribution is 2.33. The number of anilines is 2. The van der Waals surface area contributed by atoms with Crippen molar-refractivity contribution in [3.05, 3.63) is 58.7 Å². The molecular weight excluding hydrogens is 741 g/mol. The van der Waals surface area contributed by atoms with Gasteiger partial charge in [0.15, 0.2) is 11.6 Å². The maximum Gasteiger partial charge on any atom is 0.267 e. The van der Waals surface area contributed by atoms with Gasteiger partial charge in [0.25, 0.3) is 40.5 Å². The number of benzene rings is 2. The van der Waals surface area contributed by atoms with Crippen LogP contribution in [-0.4, -0.2) is 111 Å². The molecule has 0 radical (unpaired) electrons. The molecule has 20 heteroatoms. The molecule has 4 N–H and O–H groups in total. The lowest BCUT2D eigenvalue weighted by molar-refractivity contribution is 0.0979. The van der Waals surface area contributed by atoms with Crippen LogP contribution in [0.1, 0.15) is 85.2 Å². The summed E-state index contributed by atoms with van der Waals surface area (Å²) in [5.74, 6) is -1.07. The van der Waals surface area contributed by atoms with Gasteiger partial charge in [-0.2, -0.15) is 33.7 Å². The van der Waals surface area contributed by atoms with Crippen LogP contribution in [0.2, 0.25) is 0 Å². The van der Waals surface area contributed by atoms with Crippen molar-refractivity contribution in [2.24, 2.45) is 0 Å². The predicted molar refractivity (Wildman–Crippen MR) is 187 cm³/mol. The maximum absolute atomic E-state index is 13.8. The highest BCUT2D eigenvalue weighted by atomic mass is 32.2. The van der Waals surface area contributed by atoms with E-state index in [0.717, 1.165) is 0 Å². The molecule has 50 heavy (non-hydrogen) atoms. The van der Waals surface area contributed by atoms with Crippen molar-refractivity contribution in [2.45, 2.75) is 74.4 Å². The van der Waals surface area contributed by atoms with E-state index in [1.165, 1.54) is 64.1 Å². The first kappa shape index (κ1) is 41.4. The Labute approximate surface area is 292 Å². The molecule has 2 aromatic carbocycles. The number of carbonyl (C=O) groups is 2. The van der Waals surface area contributed by atoms with Crippen LogP contribution in [0.5, 0.6) is 0 Å². The molecule has 0 heterocycles. The van der Waals surface area contributed by atoms with Gasteiger partial charge in [-0.3, -0.25) is 27.8 Å².